The van der Waals surface area contributed by atoms with Crippen LogP contribution in [0.3, 0.4) is 0 Å². The first-order valence-electron chi connectivity index (χ1n) is 12.2. The fraction of sp³-hybridized carbons (Fsp3) is 0.577. The highest BCUT2D eigenvalue weighted by atomic mass is 19.4. The molecule has 2 aliphatic carbocycles. The van der Waals surface area contributed by atoms with Crippen molar-refractivity contribution in [3.05, 3.63) is 50.6 Å². The van der Waals surface area contributed by atoms with Gasteiger partial charge in [0.25, 0.3) is 0 Å². The van der Waals surface area contributed by atoms with Gasteiger partial charge in [-0.2, -0.15) is 13.2 Å². The Morgan fingerprint density at radius 1 is 1.14 bits per heavy atom. The van der Waals surface area contributed by atoms with Crippen LogP contribution in [0.1, 0.15) is 90.2 Å². The van der Waals surface area contributed by atoms with Gasteiger partial charge in [0.2, 0.25) is 5.92 Å². The monoisotopic (exact) mass is 512 g/mol. The molecule has 1 N–H and O–H groups in total. The highest BCUT2D eigenvalue weighted by molar-refractivity contribution is 5.96. The fourth-order valence-electron chi connectivity index (χ4n) is 5.28. The number of pyridine rings is 2. The summed E-state index contributed by atoms with van der Waals surface area (Å²) in [5, 5.41) is 0. The van der Waals surface area contributed by atoms with Crippen LogP contribution in [0.4, 0.5) is 22.0 Å². The van der Waals surface area contributed by atoms with Crippen LogP contribution in [-0.4, -0.2) is 34.6 Å². The first-order chi connectivity index (χ1) is 16.8. The lowest BCUT2D eigenvalue weighted by molar-refractivity contribution is -0.182. The van der Waals surface area contributed by atoms with E-state index in [2.05, 4.69) is 9.97 Å². The number of rotatable bonds is 5. The minimum absolute atomic E-state index is 0.0476. The van der Waals surface area contributed by atoms with Crippen LogP contribution < -0.4 is 5.43 Å². The number of halogens is 5. The van der Waals surface area contributed by atoms with Gasteiger partial charge in [-0.3, -0.25) is 9.78 Å². The molecule has 2 aliphatic rings. The predicted octanol–water partition coefficient (Wildman–Crippen LogP) is 6.58. The third-order valence-corrected chi connectivity index (χ3v) is 7.54. The zero-order chi connectivity index (χ0) is 26.4. The van der Waals surface area contributed by atoms with E-state index in [9.17, 15) is 31.5 Å². The number of nitrogens with one attached hydrogen (secondary N) is 1. The molecular weight excluding hydrogens is 483 g/mol. The number of hydrogen-bond donors (Lipinski definition) is 1. The van der Waals surface area contributed by atoms with Crippen LogP contribution in [-0.2, 0) is 4.74 Å². The Balaban J connectivity index is 1.82. The lowest BCUT2D eigenvalue weighted by Crippen LogP contribution is -2.34. The number of nitrogens with zero attached hydrogens (tertiary/aromatic N) is 1. The molecule has 2 aromatic rings. The Morgan fingerprint density at radius 2 is 1.78 bits per heavy atom. The Hall–Kier alpha value is -2.78. The third kappa shape index (κ3) is 5.04. The van der Waals surface area contributed by atoms with Gasteiger partial charge in [-0.1, -0.05) is 0 Å². The van der Waals surface area contributed by atoms with Crippen molar-refractivity contribution in [2.45, 2.75) is 83.2 Å². The van der Waals surface area contributed by atoms with Crippen molar-refractivity contribution in [3.8, 4) is 11.3 Å². The molecule has 0 atom stereocenters. The van der Waals surface area contributed by atoms with Crippen molar-refractivity contribution in [2.75, 3.05) is 6.61 Å². The lowest BCUT2D eigenvalue weighted by Gasteiger charge is -2.36. The molecule has 0 unspecified atom stereocenters. The SMILES string of the molecule is CCOC(=O)c1c(-c2cnc(C3CC(F)(F)C3)cc2[C@H]2CC[C@@H](C(F)(F)F)CC2)[nH]c(C)c(C)c1=O. The number of carbonyl (C=O) groups excluding carboxylic acids is 1. The van der Waals surface area contributed by atoms with E-state index in [0.717, 1.165) is 0 Å². The minimum atomic E-state index is -4.27. The molecule has 0 saturated heterocycles. The second-order valence-electron chi connectivity index (χ2n) is 9.92. The fourth-order valence-corrected chi connectivity index (χ4v) is 5.28. The molecule has 0 aliphatic heterocycles. The van der Waals surface area contributed by atoms with Crippen LogP contribution in [0.5, 0.6) is 0 Å². The van der Waals surface area contributed by atoms with E-state index in [4.69, 9.17) is 4.74 Å². The number of hydrogen-bond acceptors (Lipinski definition) is 4. The van der Waals surface area contributed by atoms with E-state index in [1.807, 2.05) is 0 Å². The van der Waals surface area contributed by atoms with Crippen molar-refractivity contribution < 1.29 is 31.5 Å². The van der Waals surface area contributed by atoms with Crippen molar-refractivity contribution in [1.82, 2.24) is 9.97 Å². The molecule has 2 heterocycles. The summed E-state index contributed by atoms with van der Waals surface area (Å²) in [4.78, 5) is 33.4. The largest absolute Gasteiger partial charge is 0.462 e. The smallest absolute Gasteiger partial charge is 0.391 e. The zero-order valence-electron chi connectivity index (χ0n) is 20.4. The third-order valence-electron chi connectivity index (χ3n) is 7.54. The molecule has 2 saturated carbocycles. The number of carbonyl (C=O) groups is 1. The van der Waals surface area contributed by atoms with Gasteiger partial charge in [0.1, 0.15) is 5.56 Å². The average molecular weight is 513 g/mol. The van der Waals surface area contributed by atoms with Crippen LogP contribution in [0.15, 0.2) is 17.1 Å². The number of aromatic amines is 1. The van der Waals surface area contributed by atoms with E-state index >= 15 is 0 Å². The van der Waals surface area contributed by atoms with Gasteiger partial charge in [0.15, 0.2) is 5.43 Å². The van der Waals surface area contributed by atoms with Gasteiger partial charge >= 0.3 is 12.1 Å². The Kier molecular flexibility index (Phi) is 7.00. The van der Waals surface area contributed by atoms with Crippen molar-refractivity contribution in [1.29, 1.82) is 0 Å². The first-order valence-corrected chi connectivity index (χ1v) is 12.2. The van der Waals surface area contributed by atoms with Gasteiger partial charge < -0.3 is 9.72 Å². The van der Waals surface area contributed by atoms with Crippen molar-refractivity contribution >= 4 is 5.97 Å². The Labute approximate surface area is 205 Å². The number of aromatic nitrogens is 2. The van der Waals surface area contributed by atoms with Crippen LogP contribution >= 0.6 is 0 Å². The van der Waals surface area contributed by atoms with Gasteiger partial charge in [0.05, 0.1) is 18.2 Å². The highest BCUT2D eigenvalue weighted by Crippen LogP contribution is 2.50. The molecular formula is C26H29F5N2O3. The molecule has 36 heavy (non-hydrogen) atoms. The summed E-state index contributed by atoms with van der Waals surface area (Å²) in [5.41, 5.74) is 1.81. The molecule has 0 aromatic carbocycles. The van der Waals surface area contributed by atoms with Crippen LogP contribution in [0.25, 0.3) is 11.3 Å². The number of esters is 1. The quantitative estimate of drug-likeness (QED) is 0.363. The number of ether oxygens (including phenoxy) is 1. The van der Waals surface area contributed by atoms with E-state index in [0.29, 0.717) is 28.1 Å². The maximum Gasteiger partial charge on any atom is 0.391 e. The summed E-state index contributed by atoms with van der Waals surface area (Å²) in [6, 6.07) is 1.68. The summed E-state index contributed by atoms with van der Waals surface area (Å²) in [6.45, 7) is 4.92. The summed E-state index contributed by atoms with van der Waals surface area (Å²) in [5.74, 6) is -5.72. The molecule has 0 radical (unpaired) electrons. The second-order valence-corrected chi connectivity index (χ2v) is 9.92. The number of alkyl halides is 5. The van der Waals surface area contributed by atoms with Crippen LogP contribution in [0.2, 0.25) is 0 Å². The van der Waals surface area contributed by atoms with Crippen molar-refractivity contribution in [3.63, 3.8) is 0 Å². The van der Waals surface area contributed by atoms with E-state index in [1.165, 1.54) is 6.20 Å². The minimum Gasteiger partial charge on any atom is -0.462 e. The van der Waals surface area contributed by atoms with Crippen LogP contribution in [0, 0.1) is 19.8 Å². The molecule has 5 nitrogen and oxygen atoms in total. The van der Waals surface area contributed by atoms with Crippen molar-refractivity contribution in [2.24, 2.45) is 5.92 Å². The maximum absolute atomic E-state index is 13.5. The summed E-state index contributed by atoms with van der Waals surface area (Å²) >= 11 is 0. The molecule has 4 rings (SSSR count). The van der Waals surface area contributed by atoms with Gasteiger partial charge in [0, 0.05) is 47.5 Å². The predicted molar refractivity (Wildman–Crippen MR) is 123 cm³/mol. The Morgan fingerprint density at radius 3 is 2.33 bits per heavy atom. The normalized spacial score (nSPS) is 22.2. The highest BCUT2D eigenvalue weighted by Gasteiger charge is 2.47. The van der Waals surface area contributed by atoms with E-state index in [-0.39, 0.29) is 62.3 Å². The molecule has 0 amide bonds. The zero-order valence-corrected chi connectivity index (χ0v) is 20.4. The summed E-state index contributed by atoms with van der Waals surface area (Å²) in [7, 11) is 0. The average Bonchev–Trinajstić information content (AvgIpc) is 2.80. The van der Waals surface area contributed by atoms with Gasteiger partial charge in [-0.25, -0.2) is 13.6 Å². The molecule has 2 aromatic heterocycles. The molecule has 2 fully saturated rings. The van der Waals surface area contributed by atoms with E-state index < -0.39 is 35.3 Å². The molecule has 0 spiro atoms. The standard InChI is InChI=1S/C26H29F5N2O3/c1-4-36-24(35)21-22(33-14(3)13(2)23(21)34)19-12-32-20(16-10-25(27,28)11-16)9-18(19)15-5-7-17(8-6-15)26(29,30)31/h9,12,15-17H,4-8,10-11H2,1-3H3,(H,33,34)/t15-,17+. The first kappa shape index (κ1) is 26.3. The second kappa shape index (κ2) is 9.59. The lowest BCUT2D eigenvalue weighted by atomic mass is 9.74. The number of aryl methyl sites for hydroxylation is 1. The molecule has 0 bridgehead atoms. The van der Waals surface area contributed by atoms with E-state index in [1.54, 1.807) is 26.8 Å². The maximum atomic E-state index is 13.5. The summed E-state index contributed by atoms with van der Waals surface area (Å²) in [6.07, 6.45) is -3.13. The molecule has 10 heteroatoms. The molecule has 196 valence electrons. The van der Waals surface area contributed by atoms with Gasteiger partial charge in [-0.15, -0.1) is 0 Å². The summed E-state index contributed by atoms with van der Waals surface area (Å²) < 4.78 is 72.1. The topological polar surface area (TPSA) is 72.0 Å². The number of H-pyrrole nitrogens is 1. The Bertz CT molecular complexity index is 1210. The van der Waals surface area contributed by atoms with Gasteiger partial charge in [-0.05, 0) is 64.0 Å².